The van der Waals surface area contributed by atoms with Crippen molar-refractivity contribution < 1.29 is 13.2 Å². The third-order valence-corrected chi connectivity index (χ3v) is 5.97. The van der Waals surface area contributed by atoms with E-state index in [-0.39, 0.29) is 35.0 Å². The standard InChI is InChI=1S/C19H22N2O3S.ClH/c22-19(21-17-9-5-11-20-13-17)16-8-4-10-18(12-16)25(23,24)14-15-6-2-1-3-7-15;/h1-4,6-8,10,12,17,20H,5,9,11,13-14H2,(H,21,22);1H/t17-;/m0./s1. The largest absolute Gasteiger partial charge is 0.348 e. The molecular formula is C19H23ClN2O3S. The van der Waals surface area contributed by atoms with Crippen molar-refractivity contribution in [2.75, 3.05) is 13.1 Å². The molecule has 26 heavy (non-hydrogen) atoms. The summed E-state index contributed by atoms with van der Waals surface area (Å²) in [5.41, 5.74) is 1.10. The van der Waals surface area contributed by atoms with E-state index in [2.05, 4.69) is 10.6 Å². The number of carbonyl (C=O) groups is 1. The van der Waals surface area contributed by atoms with Gasteiger partial charge in [0, 0.05) is 18.2 Å². The maximum atomic E-state index is 12.6. The van der Waals surface area contributed by atoms with Gasteiger partial charge in [-0.1, -0.05) is 36.4 Å². The average molecular weight is 395 g/mol. The lowest BCUT2D eigenvalue weighted by atomic mass is 10.1. The van der Waals surface area contributed by atoms with Crippen LogP contribution in [0.25, 0.3) is 0 Å². The maximum Gasteiger partial charge on any atom is 0.251 e. The Morgan fingerprint density at radius 2 is 1.88 bits per heavy atom. The van der Waals surface area contributed by atoms with Crippen LogP contribution in [0.3, 0.4) is 0 Å². The molecule has 0 saturated carbocycles. The number of sulfone groups is 1. The molecule has 2 aromatic carbocycles. The third-order valence-electron chi connectivity index (χ3n) is 4.29. The molecule has 0 radical (unpaired) electrons. The van der Waals surface area contributed by atoms with Gasteiger partial charge in [0.1, 0.15) is 0 Å². The lowest BCUT2D eigenvalue weighted by Crippen LogP contribution is -2.45. The number of amides is 1. The van der Waals surface area contributed by atoms with E-state index in [4.69, 9.17) is 0 Å². The molecule has 3 rings (SSSR count). The summed E-state index contributed by atoms with van der Waals surface area (Å²) in [6.45, 7) is 1.72. The Morgan fingerprint density at radius 1 is 1.12 bits per heavy atom. The molecule has 0 bridgehead atoms. The quantitative estimate of drug-likeness (QED) is 0.817. The monoisotopic (exact) mass is 394 g/mol. The number of halogens is 1. The lowest BCUT2D eigenvalue weighted by molar-refractivity contribution is 0.0930. The Morgan fingerprint density at radius 3 is 2.58 bits per heavy atom. The Hall–Kier alpha value is -1.89. The molecule has 0 unspecified atom stereocenters. The molecule has 1 aliphatic rings. The van der Waals surface area contributed by atoms with Crippen molar-refractivity contribution in [3.8, 4) is 0 Å². The summed E-state index contributed by atoms with van der Waals surface area (Å²) in [7, 11) is -3.49. The number of nitrogens with one attached hydrogen (secondary N) is 2. The van der Waals surface area contributed by atoms with Crippen LogP contribution in [-0.2, 0) is 15.6 Å². The number of benzene rings is 2. The summed E-state index contributed by atoms with van der Waals surface area (Å²) in [4.78, 5) is 12.6. The number of hydrogen-bond donors (Lipinski definition) is 2. The van der Waals surface area contributed by atoms with Crippen LogP contribution in [0.5, 0.6) is 0 Å². The third kappa shape index (κ3) is 5.30. The minimum absolute atomic E-state index is 0. The van der Waals surface area contributed by atoms with E-state index in [9.17, 15) is 13.2 Å². The van der Waals surface area contributed by atoms with Gasteiger partial charge in [0.15, 0.2) is 9.84 Å². The van der Waals surface area contributed by atoms with Gasteiger partial charge in [-0.25, -0.2) is 8.42 Å². The molecule has 1 aliphatic heterocycles. The van der Waals surface area contributed by atoms with E-state index in [0.717, 1.165) is 31.5 Å². The summed E-state index contributed by atoms with van der Waals surface area (Å²) >= 11 is 0. The highest BCUT2D eigenvalue weighted by Crippen LogP contribution is 2.18. The van der Waals surface area contributed by atoms with Crippen LogP contribution < -0.4 is 10.6 Å². The van der Waals surface area contributed by atoms with Gasteiger partial charge in [0.2, 0.25) is 0 Å². The van der Waals surface area contributed by atoms with Crippen LogP contribution in [-0.4, -0.2) is 33.5 Å². The molecule has 7 heteroatoms. The maximum absolute atomic E-state index is 12.6. The predicted octanol–water partition coefficient (Wildman–Crippen LogP) is 2.56. The van der Waals surface area contributed by atoms with Gasteiger partial charge >= 0.3 is 0 Å². The fourth-order valence-electron chi connectivity index (χ4n) is 2.95. The van der Waals surface area contributed by atoms with Crippen LogP contribution in [0.4, 0.5) is 0 Å². The molecule has 0 aromatic heterocycles. The Bertz CT molecular complexity index is 835. The number of piperidine rings is 1. The first-order chi connectivity index (χ1) is 12.0. The van der Waals surface area contributed by atoms with E-state index in [1.807, 2.05) is 18.2 Å². The second-order valence-electron chi connectivity index (χ2n) is 6.29. The van der Waals surface area contributed by atoms with Crippen LogP contribution in [0.15, 0.2) is 59.5 Å². The molecule has 5 nitrogen and oxygen atoms in total. The van der Waals surface area contributed by atoms with Crippen molar-refractivity contribution in [2.24, 2.45) is 0 Å². The molecule has 1 heterocycles. The summed E-state index contributed by atoms with van der Waals surface area (Å²) in [5, 5.41) is 6.21. The molecule has 1 fully saturated rings. The molecular weight excluding hydrogens is 372 g/mol. The summed E-state index contributed by atoms with van der Waals surface area (Å²) < 4.78 is 25.2. The fourth-order valence-corrected chi connectivity index (χ4v) is 4.34. The first kappa shape index (κ1) is 20.4. The van der Waals surface area contributed by atoms with E-state index >= 15 is 0 Å². The smallest absolute Gasteiger partial charge is 0.251 e. The van der Waals surface area contributed by atoms with Crippen LogP contribution >= 0.6 is 12.4 Å². The molecule has 1 saturated heterocycles. The zero-order valence-electron chi connectivity index (χ0n) is 14.4. The SMILES string of the molecule is Cl.O=C(N[C@H]1CCCNC1)c1cccc(S(=O)(=O)Cc2ccccc2)c1. The van der Waals surface area contributed by atoms with Gasteiger partial charge in [-0.15, -0.1) is 12.4 Å². The summed E-state index contributed by atoms with van der Waals surface area (Å²) in [5.74, 6) is -0.309. The van der Waals surface area contributed by atoms with Gasteiger partial charge in [-0.2, -0.15) is 0 Å². The topological polar surface area (TPSA) is 75.3 Å². The van der Waals surface area contributed by atoms with Crippen LogP contribution in [0, 0.1) is 0 Å². The Kier molecular flexibility index (Phi) is 7.20. The first-order valence-electron chi connectivity index (χ1n) is 8.43. The average Bonchev–Trinajstić information content (AvgIpc) is 2.63. The van der Waals surface area contributed by atoms with Gasteiger partial charge in [-0.3, -0.25) is 4.79 Å². The van der Waals surface area contributed by atoms with Crippen molar-refractivity contribution in [2.45, 2.75) is 29.5 Å². The molecule has 1 atom stereocenters. The highest BCUT2D eigenvalue weighted by atomic mass is 35.5. The minimum atomic E-state index is -3.49. The zero-order chi connectivity index (χ0) is 17.7. The molecule has 1 amide bonds. The van der Waals surface area contributed by atoms with Crippen LogP contribution in [0.1, 0.15) is 28.8 Å². The second-order valence-corrected chi connectivity index (χ2v) is 8.28. The number of carbonyl (C=O) groups excluding carboxylic acids is 1. The van der Waals surface area contributed by atoms with Gasteiger partial charge in [0.05, 0.1) is 10.6 Å². The van der Waals surface area contributed by atoms with E-state index in [1.54, 1.807) is 24.3 Å². The molecule has 0 spiro atoms. The molecule has 2 N–H and O–H groups in total. The Balaban J connectivity index is 0.00000243. The number of rotatable bonds is 5. The van der Waals surface area contributed by atoms with Gasteiger partial charge < -0.3 is 10.6 Å². The highest BCUT2D eigenvalue weighted by molar-refractivity contribution is 7.90. The van der Waals surface area contributed by atoms with Crippen molar-refractivity contribution in [1.82, 2.24) is 10.6 Å². The van der Waals surface area contributed by atoms with E-state index < -0.39 is 9.84 Å². The normalized spacial score (nSPS) is 17.2. The molecule has 140 valence electrons. The predicted molar refractivity (Wildman–Crippen MR) is 104 cm³/mol. The summed E-state index contributed by atoms with van der Waals surface area (Å²) in [6.07, 6.45) is 1.96. The van der Waals surface area contributed by atoms with Gasteiger partial charge in [-0.05, 0) is 43.1 Å². The first-order valence-corrected chi connectivity index (χ1v) is 10.1. The van der Waals surface area contributed by atoms with E-state index in [0.29, 0.717) is 5.56 Å². The molecule has 2 aromatic rings. The molecule has 0 aliphatic carbocycles. The fraction of sp³-hybridized carbons (Fsp3) is 0.316. The summed E-state index contributed by atoms with van der Waals surface area (Å²) in [6, 6.07) is 15.4. The second kappa shape index (κ2) is 9.16. The van der Waals surface area contributed by atoms with Crippen molar-refractivity contribution in [3.05, 3.63) is 65.7 Å². The van der Waals surface area contributed by atoms with Gasteiger partial charge in [0.25, 0.3) is 5.91 Å². The van der Waals surface area contributed by atoms with Crippen LogP contribution in [0.2, 0.25) is 0 Å². The van der Waals surface area contributed by atoms with Crippen molar-refractivity contribution in [3.63, 3.8) is 0 Å². The van der Waals surface area contributed by atoms with Crippen molar-refractivity contribution >= 4 is 28.2 Å². The number of hydrogen-bond acceptors (Lipinski definition) is 4. The van der Waals surface area contributed by atoms with E-state index in [1.165, 1.54) is 12.1 Å². The Labute approximate surface area is 160 Å². The minimum Gasteiger partial charge on any atom is -0.348 e. The highest BCUT2D eigenvalue weighted by Gasteiger charge is 2.19. The van der Waals surface area contributed by atoms with Crippen molar-refractivity contribution in [1.29, 1.82) is 0 Å². The zero-order valence-corrected chi connectivity index (χ0v) is 16.0. The lowest BCUT2D eigenvalue weighted by Gasteiger charge is -2.23.